The molecule has 1 saturated heterocycles. The van der Waals surface area contributed by atoms with E-state index in [-0.39, 0.29) is 35.7 Å². The van der Waals surface area contributed by atoms with Crippen LogP contribution in [0.25, 0.3) is 0 Å². The Morgan fingerprint density at radius 2 is 1.65 bits per heavy atom. The quantitative estimate of drug-likeness (QED) is 0.433. The van der Waals surface area contributed by atoms with E-state index < -0.39 is 12.5 Å². The van der Waals surface area contributed by atoms with Gasteiger partial charge in [-0.15, -0.1) is 13.2 Å². The minimum atomic E-state index is -4.75. The Labute approximate surface area is 203 Å². The highest BCUT2D eigenvalue weighted by Crippen LogP contribution is 2.35. The molecule has 2 aromatic rings. The number of likely N-dealkylation sites (tertiary alicyclic amines) is 1. The molecule has 0 radical (unpaired) electrons. The number of alkyl halides is 3. The molecule has 1 aliphatic heterocycles. The molecule has 3 rings (SSSR count). The molecule has 0 spiro atoms. The number of carbonyl (C=O) groups excluding carboxylic acids is 1. The second-order valence-electron chi connectivity index (χ2n) is 9.15. The molecule has 1 heterocycles. The largest absolute Gasteiger partial charge is 0.573 e. The molecule has 0 amide bonds. The first kappa shape index (κ1) is 26.5. The zero-order valence-electron chi connectivity index (χ0n) is 19.4. The van der Waals surface area contributed by atoms with Gasteiger partial charge in [-0.25, -0.2) is 0 Å². The first-order valence-electron chi connectivity index (χ1n) is 11.6. The first-order valence-corrected chi connectivity index (χ1v) is 11.9. The third-order valence-electron chi connectivity index (χ3n) is 6.79. The van der Waals surface area contributed by atoms with Crippen LogP contribution in [0.3, 0.4) is 0 Å². The molecule has 8 heteroatoms. The lowest BCUT2D eigenvalue weighted by molar-refractivity contribution is -0.274. The van der Waals surface area contributed by atoms with E-state index in [0.29, 0.717) is 17.1 Å². The fraction of sp³-hybridized carbons (Fsp3) is 0.500. The summed E-state index contributed by atoms with van der Waals surface area (Å²) >= 11 is 6.01. The minimum absolute atomic E-state index is 0.0216. The summed E-state index contributed by atoms with van der Waals surface area (Å²) in [7, 11) is 0. The molecular formula is C26H31ClF3NO3. The van der Waals surface area contributed by atoms with Crippen molar-refractivity contribution in [3.8, 4) is 5.75 Å². The maximum Gasteiger partial charge on any atom is 0.573 e. The van der Waals surface area contributed by atoms with Crippen LogP contribution in [0, 0.1) is 17.8 Å². The molecule has 186 valence electrons. The summed E-state index contributed by atoms with van der Waals surface area (Å²) in [5.41, 5.74) is 1.38. The summed E-state index contributed by atoms with van der Waals surface area (Å²) in [6.45, 7) is 6.49. The summed E-state index contributed by atoms with van der Waals surface area (Å²) in [5.74, 6) is -0.971. The van der Waals surface area contributed by atoms with Gasteiger partial charge in [0.05, 0.1) is 6.10 Å². The van der Waals surface area contributed by atoms with Crippen molar-refractivity contribution in [3.63, 3.8) is 0 Å². The zero-order valence-corrected chi connectivity index (χ0v) is 20.1. The number of halogens is 4. The molecular weight excluding hydrogens is 467 g/mol. The van der Waals surface area contributed by atoms with Gasteiger partial charge in [-0.3, -0.25) is 4.79 Å². The molecule has 4 unspecified atom stereocenters. The minimum Gasteiger partial charge on any atom is -0.406 e. The van der Waals surface area contributed by atoms with Crippen molar-refractivity contribution >= 4 is 17.4 Å². The molecule has 0 aliphatic carbocycles. The van der Waals surface area contributed by atoms with Crippen molar-refractivity contribution in [3.05, 3.63) is 64.7 Å². The van der Waals surface area contributed by atoms with Crippen molar-refractivity contribution in [2.24, 2.45) is 17.8 Å². The zero-order chi connectivity index (χ0) is 24.9. The average molecular weight is 498 g/mol. The highest BCUT2D eigenvalue weighted by atomic mass is 35.5. The Morgan fingerprint density at radius 3 is 2.21 bits per heavy atom. The number of Topliss-reactive ketones (excluding diaryl/α,β-unsaturated/α-hetero) is 1. The van der Waals surface area contributed by atoms with Gasteiger partial charge in [0.15, 0.2) is 0 Å². The van der Waals surface area contributed by atoms with Gasteiger partial charge < -0.3 is 14.7 Å². The van der Waals surface area contributed by atoms with Gasteiger partial charge in [0.1, 0.15) is 11.5 Å². The normalized spacial score (nSPS) is 18.3. The lowest BCUT2D eigenvalue weighted by atomic mass is 9.76. The SMILES string of the molecule is CC(C(=O)Cc1ccc(OC(F)(F)F)cc1)C(C)C(CN1CCCC1)C(O)c1ccc(Cl)cc1. The number of benzene rings is 2. The predicted molar refractivity (Wildman–Crippen MR) is 126 cm³/mol. The van der Waals surface area contributed by atoms with Crippen LogP contribution in [0.5, 0.6) is 5.75 Å². The second kappa shape index (κ2) is 11.6. The molecule has 0 aromatic heterocycles. The Bertz CT molecular complexity index is 928. The third-order valence-corrected chi connectivity index (χ3v) is 7.04. The van der Waals surface area contributed by atoms with Crippen LogP contribution in [-0.4, -0.2) is 41.8 Å². The van der Waals surface area contributed by atoms with Crippen molar-refractivity contribution < 1.29 is 27.8 Å². The maximum absolute atomic E-state index is 13.1. The van der Waals surface area contributed by atoms with E-state index in [9.17, 15) is 23.1 Å². The van der Waals surface area contributed by atoms with E-state index in [4.69, 9.17) is 11.6 Å². The molecule has 34 heavy (non-hydrogen) atoms. The van der Waals surface area contributed by atoms with Gasteiger partial charge in [0.25, 0.3) is 0 Å². The number of aliphatic hydroxyl groups excluding tert-OH is 1. The fourth-order valence-corrected chi connectivity index (χ4v) is 4.69. The number of ketones is 1. The average Bonchev–Trinajstić information content (AvgIpc) is 3.30. The van der Waals surface area contributed by atoms with Crippen LogP contribution in [0.1, 0.15) is 43.9 Å². The number of hydrogen-bond donors (Lipinski definition) is 1. The van der Waals surface area contributed by atoms with Gasteiger partial charge in [0, 0.05) is 29.8 Å². The van der Waals surface area contributed by atoms with Gasteiger partial charge >= 0.3 is 6.36 Å². The molecule has 1 aliphatic rings. The summed E-state index contributed by atoms with van der Waals surface area (Å²) in [4.78, 5) is 15.4. The van der Waals surface area contributed by atoms with Crippen LogP contribution in [0.2, 0.25) is 5.02 Å². The van der Waals surface area contributed by atoms with E-state index in [1.165, 1.54) is 24.3 Å². The molecule has 0 saturated carbocycles. The van der Waals surface area contributed by atoms with Gasteiger partial charge in [-0.1, -0.05) is 49.7 Å². The maximum atomic E-state index is 13.1. The van der Waals surface area contributed by atoms with Crippen LogP contribution in [-0.2, 0) is 11.2 Å². The summed E-state index contributed by atoms with van der Waals surface area (Å²) in [6, 6.07) is 12.5. The lowest BCUT2D eigenvalue weighted by Gasteiger charge is -2.35. The molecule has 1 fully saturated rings. The summed E-state index contributed by atoms with van der Waals surface area (Å²) < 4.78 is 41.0. The van der Waals surface area contributed by atoms with Crippen molar-refractivity contribution in [1.82, 2.24) is 4.90 Å². The van der Waals surface area contributed by atoms with Crippen LogP contribution >= 0.6 is 11.6 Å². The van der Waals surface area contributed by atoms with Crippen molar-refractivity contribution in [1.29, 1.82) is 0 Å². The van der Waals surface area contributed by atoms with Gasteiger partial charge in [-0.05, 0) is 67.2 Å². The van der Waals surface area contributed by atoms with E-state index >= 15 is 0 Å². The van der Waals surface area contributed by atoms with Crippen molar-refractivity contribution in [2.75, 3.05) is 19.6 Å². The smallest absolute Gasteiger partial charge is 0.406 e. The van der Waals surface area contributed by atoms with E-state index in [2.05, 4.69) is 9.64 Å². The number of rotatable bonds is 10. The monoisotopic (exact) mass is 497 g/mol. The summed E-state index contributed by atoms with van der Waals surface area (Å²) in [6.07, 6.45) is -3.15. The number of carbonyl (C=O) groups is 1. The van der Waals surface area contributed by atoms with E-state index in [1.807, 2.05) is 26.0 Å². The van der Waals surface area contributed by atoms with Crippen LogP contribution < -0.4 is 4.74 Å². The predicted octanol–water partition coefficient (Wildman–Crippen LogP) is 6.07. The third kappa shape index (κ3) is 7.45. The number of nitrogens with zero attached hydrogens (tertiary/aromatic N) is 1. The summed E-state index contributed by atoms with van der Waals surface area (Å²) in [5, 5.41) is 11.9. The first-order chi connectivity index (χ1) is 16.0. The fourth-order valence-electron chi connectivity index (χ4n) is 4.56. The molecule has 4 atom stereocenters. The highest BCUT2D eigenvalue weighted by Gasteiger charge is 2.35. The lowest BCUT2D eigenvalue weighted by Crippen LogP contribution is -2.38. The Kier molecular flexibility index (Phi) is 9.01. The van der Waals surface area contributed by atoms with Gasteiger partial charge in [-0.2, -0.15) is 0 Å². The number of ether oxygens (including phenoxy) is 1. The van der Waals surface area contributed by atoms with Crippen molar-refractivity contribution in [2.45, 2.75) is 45.6 Å². The van der Waals surface area contributed by atoms with Crippen LogP contribution in [0.15, 0.2) is 48.5 Å². The number of hydrogen-bond acceptors (Lipinski definition) is 4. The Morgan fingerprint density at radius 1 is 1.06 bits per heavy atom. The molecule has 2 aromatic carbocycles. The van der Waals surface area contributed by atoms with Gasteiger partial charge in [0.2, 0.25) is 0 Å². The molecule has 0 bridgehead atoms. The van der Waals surface area contributed by atoms with E-state index in [1.54, 1.807) is 12.1 Å². The van der Waals surface area contributed by atoms with E-state index in [0.717, 1.165) is 31.5 Å². The second-order valence-corrected chi connectivity index (χ2v) is 9.59. The topological polar surface area (TPSA) is 49.8 Å². The molecule has 4 nitrogen and oxygen atoms in total. The highest BCUT2D eigenvalue weighted by molar-refractivity contribution is 6.30. The molecule has 1 N–H and O–H groups in total. The van der Waals surface area contributed by atoms with Crippen LogP contribution in [0.4, 0.5) is 13.2 Å². The Hall–Kier alpha value is -2.09. The number of aliphatic hydroxyl groups is 1. The Balaban J connectivity index is 1.70. The standard InChI is InChI=1S/C26H31ClF3NO3/c1-17(18(2)24(32)15-19-5-11-22(12-6-19)34-26(28,29)30)23(16-31-13-3-4-14-31)25(33)20-7-9-21(27)10-8-20/h5-12,17-18,23,25,33H,3-4,13-16H2,1-2H3.